The molecule has 5 heteroatoms. The third-order valence-electron chi connectivity index (χ3n) is 8.12. The van der Waals surface area contributed by atoms with Crippen molar-refractivity contribution in [2.24, 2.45) is 0 Å². The average Bonchev–Trinajstić information content (AvgIpc) is 2.90. The molecule has 0 aliphatic carbocycles. The summed E-state index contributed by atoms with van der Waals surface area (Å²) >= 11 is 0. The van der Waals surface area contributed by atoms with Crippen LogP contribution in [0.5, 0.6) is 0 Å². The van der Waals surface area contributed by atoms with Gasteiger partial charge in [0.2, 0.25) is 0 Å². The highest BCUT2D eigenvalue weighted by Gasteiger charge is 2.25. The van der Waals surface area contributed by atoms with Crippen LogP contribution in [0.3, 0.4) is 0 Å². The van der Waals surface area contributed by atoms with Crippen LogP contribution >= 0.6 is 0 Å². The van der Waals surface area contributed by atoms with Crippen LogP contribution in [0.25, 0.3) is 0 Å². The molecule has 5 nitrogen and oxygen atoms in total. The predicted octanol–water partition coefficient (Wildman–Crippen LogP) is 9.78. The molecular formula is C39H53NO4. The molecule has 0 radical (unpaired) electrons. The average molecular weight is 600 g/mol. The highest BCUT2D eigenvalue weighted by atomic mass is 16.5. The Bertz CT molecular complexity index is 1350. The lowest BCUT2D eigenvalue weighted by Crippen LogP contribution is -2.18. The first-order chi connectivity index (χ1) is 20.0. The summed E-state index contributed by atoms with van der Waals surface area (Å²) in [6.07, 6.45) is 0.454. The Balaban J connectivity index is 2.25. The van der Waals surface area contributed by atoms with Crippen molar-refractivity contribution in [2.45, 2.75) is 111 Å². The van der Waals surface area contributed by atoms with Gasteiger partial charge >= 0.3 is 11.9 Å². The van der Waals surface area contributed by atoms with Crippen molar-refractivity contribution in [3.05, 3.63) is 93.0 Å². The van der Waals surface area contributed by atoms with E-state index in [-0.39, 0.29) is 21.7 Å². The molecule has 1 N–H and O–H groups in total. The van der Waals surface area contributed by atoms with Gasteiger partial charge in [0.1, 0.15) is 0 Å². The molecule has 44 heavy (non-hydrogen) atoms. The van der Waals surface area contributed by atoms with Gasteiger partial charge in [-0.1, -0.05) is 107 Å². The third kappa shape index (κ3) is 8.31. The molecule has 0 spiro atoms. The molecule has 3 aromatic rings. The highest BCUT2D eigenvalue weighted by Crippen LogP contribution is 2.36. The van der Waals surface area contributed by atoms with E-state index >= 15 is 0 Å². The number of ether oxygens (including phenoxy) is 2. The fraction of sp³-hybridized carbons (Fsp3) is 0.487. The lowest BCUT2D eigenvalue weighted by atomic mass is 9.79. The van der Waals surface area contributed by atoms with E-state index in [2.05, 4.69) is 125 Å². The fourth-order valence-electron chi connectivity index (χ4n) is 5.07. The van der Waals surface area contributed by atoms with E-state index in [1.54, 1.807) is 12.1 Å². The first kappa shape index (κ1) is 34.9. The Morgan fingerprint density at radius 1 is 0.545 bits per heavy atom. The van der Waals surface area contributed by atoms with Crippen molar-refractivity contribution in [1.29, 1.82) is 0 Å². The summed E-state index contributed by atoms with van der Waals surface area (Å²) < 4.78 is 10.5. The molecule has 0 heterocycles. The smallest absolute Gasteiger partial charge is 0.339 e. The van der Waals surface area contributed by atoms with Crippen LogP contribution in [0.4, 0.5) is 11.4 Å². The number of benzene rings is 3. The second kappa shape index (κ2) is 12.4. The van der Waals surface area contributed by atoms with Gasteiger partial charge in [-0.05, 0) is 85.7 Å². The van der Waals surface area contributed by atoms with Gasteiger partial charge in [0.15, 0.2) is 0 Å². The molecule has 0 aliphatic rings. The van der Waals surface area contributed by atoms with E-state index in [0.717, 1.165) is 11.3 Å². The predicted molar refractivity (Wildman–Crippen MR) is 183 cm³/mol. The summed E-state index contributed by atoms with van der Waals surface area (Å²) in [5, 5.41) is 3.47. The summed E-state index contributed by atoms with van der Waals surface area (Å²) in [6, 6.07) is 16.6. The van der Waals surface area contributed by atoms with Gasteiger partial charge in [-0.3, -0.25) is 0 Å². The van der Waals surface area contributed by atoms with Crippen molar-refractivity contribution in [1.82, 2.24) is 0 Å². The molecular weight excluding hydrogens is 546 g/mol. The Labute approximate surface area is 265 Å². The summed E-state index contributed by atoms with van der Waals surface area (Å²) in [5.41, 5.74) is 8.36. The summed E-state index contributed by atoms with van der Waals surface area (Å²) in [5.74, 6) is -0.937. The van der Waals surface area contributed by atoms with E-state index in [0.29, 0.717) is 28.8 Å². The van der Waals surface area contributed by atoms with Gasteiger partial charge in [0.05, 0.1) is 31.0 Å². The van der Waals surface area contributed by atoms with E-state index in [1.807, 2.05) is 0 Å². The number of carbonyl (C=O) groups excluding carboxylic acids is 2. The second-order valence-electron chi connectivity index (χ2n) is 16.1. The zero-order valence-electron chi connectivity index (χ0n) is 29.5. The maximum absolute atomic E-state index is 13.2. The zero-order chi connectivity index (χ0) is 33.4. The number of hydrogen-bond acceptors (Lipinski definition) is 5. The van der Waals surface area contributed by atoms with Gasteiger partial charge < -0.3 is 14.8 Å². The summed E-state index contributed by atoms with van der Waals surface area (Å²) in [4.78, 5) is 26.5. The fourth-order valence-corrected chi connectivity index (χ4v) is 5.07. The maximum atomic E-state index is 13.2. The van der Waals surface area contributed by atoms with Gasteiger partial charge in [0, 0.05) is 5.69 Å². The van der Waals surface area contributed by atoms with E-state index in [9.17, 15) is 9.59 Å². The third-order valence-corrected chi connectivity index (χ3v) is 8.12. The maximum Gasteiger partial charge on any atom is 0.339 e. The van der Waals surface area contributed by atoms with Crippen LogP contribution in [0.15, 0.2) is 48.5 Å². The second-order valence-corrected chi connectivity index (χ2v) is 16.1. The number of esters is 2. The van der Waals surface area contributed by atoms with Crippen LogP contribution in [0.1, 0.15) is 137 Å². The number of hydrogen-bond donors (Lipinski definition) is 1. The summed E-state index contributed by atoms with van der Waals surface area (Å²) in [6.45, 7) is 26.3. The Kier molecular flexibility index (Phi) is 9.85. The molecule has 0 bridgehead atoms. The highest BCUT2D eigenvalue weighted by molar-refractivity contribution is 6.01. The molecule has 0 saturated heterocycles. The van der Waals surface area contributed by atoms with E-state index in [4.69, 9.17) is 9.47 Å². The quantitative estimate of drug-likeness (QED) is 0.286. The first-order valence-corrected chi connectivity index (χ1v) is 15.5. The number of anilines is 2. The van der Waals surface area contributed by atoms with Crippen LogP contribution < -0.4 is 5.32 Å². The van der Waals surface area contributed by atoms with Crippen molar-refractivity contribution in [3.63, 3.8) is 0 Å². The lowest BCUT2D eigenvalue weighted by Gasteiger charge is -2.27. The molecule has 0 atom stereocenters. The van der Waals surface area contributed by atoms with Crippen molar-refractivity contribution < 1.29 is 19.1 Å². The van der Waals surface area contributed by atoms with Gasteiger partial charge in [-0.15, -0.1) is 0 Å². The van der Waals surface area contributed by atoms with Crippen LogP contribution in [0.2, 0.25) is 0 Å². The lowest BCUT2D eigenvalue weighted by molar-refractivity contribution is 0.0586. The molecule has 0 unspecified atom stereocenters. The van der Waals surface area contributed by atoms with Gasteiger partial charge in [-0.2, -0.15) is 0 Å². The molecule has 0 saturated carbocycles. The first-order valence-electron chi connectivity index (χ1n) is 15.5. The van der Waals surface area contributed by atoms with Crippen molar-refractivity contribution >= 4 is 23.3 Å². The van der Waals surface area contributed by atoms with E-state index < -0.39 is 11.9 Å². The molecule has 238 valence electrons. The van der Waals surface area contributed by atoms with Crippen molar-refractivity contribution in [3.8, 4) is 0 Å². The molecule has 3 aromatic carbocycles. The molecule has 3 rings (SSSR count). The standard InChI is InChI=1S/C39H53NO4/c1-36(2,3)26-16-24(17-27(19-26)37(4,5)6)15-25-18-32(35(42)44-14)33(23-31(25)34(41)43-13)40-30-21-28(38(7,8)9)20-29(22-30)39(10,11)12/h16-23,40H,15H2,1-14H3. The minimum atomic E-state index is -0.480. The molecule has 0 fully saturated rings. The SMILES string of the molecule is COC(=O)c1cc(Nc2cc(C(C)(C)C)cc(C(C)(C)C)c2)c(C(=O)OC)cc1Cc1cc(C(C)(C)C)cc(C(C)(C)C)c1. The minimum Gasteiger partial charge on any atom is -0.465 e. The molecule has 0 aromatic heterocycles. The number of rotatable bonds is 6. The van der Waals surface area contributed by atoms with Crippen LogP contribution in [0, 0.1) is 0 Å². The Morgan fingerprint density at radius 3 is 1.32 bits per heavy atom. The molecule has 0 amide bonds. The number of nitrogens with one attached hydrogen (secondary N) is 1. The van der Waals surface area contributed by atoms with Gasteiger partial charge in [-0.25, -0.2) is 9.59 Å². The minimum absolute atomic E-state index is 0.0559. The monoisotopic (exact) mass is 599 g/mol. The van der Waals surface area contributed by atoms with Crippen molar-refractivity contribution in [2.75, 3.05) is 19.5 Å². The molecule has 0 aliphatic heterocycles. The normalized spacial score (nSPS) is 12.6. The number of carbonyl (C=O) groups is 2. The largest absolute Gasteiger partial charge is 0.465 e. The Morgan fingerprint density at radius 2 is 0.932 bits per heavy atom. The van der Waals surface area contributed by atoms with E-state index in [1.165, 1.54) is 36.5 Å². The summed E-state index contributed by atoms with van der Waals surface area (Å²) in [7, 11) is 2.76. The van der Waals surface area contributed by atoms with Crippen LogP contribution in [-0.4, -0.2) is 26.2 Å². The number of methoxy groups -OCH3 is 2. The Hall–Kier alpha value is -3.60. The topological polar surface area (TPSA) is 64.6 Å². The zero-order valence-corrected chi connectivity index (χ0v) is 29.5. The van der Waals surface area contributed by atoms with Gasteiger partial charge in [0.25, 0.3) is 0 Å². The van der Waals surface area contributed by atoms with Crippen LogP contribution in [-0.2, 0) is 37.6 Å².